The summed E-state index contributed by atoms with van der Waals surface area (Å²) in [6, 6.07) is 8.43. The number of nitrogens with zero attached hydrogens (tertiary/aromatic N) is 3. The number of amides is 1. The monoisotopic (exact) mass is 491 g/mol. The Hall–Kier alpha value is -3.56. The van der Waals surface area contributed by atoms with Gasteiger partial charge in [-0.05, 0) is 62.7 Å². The number of carbonyl (C=O) groups excluding carboxylic acids is 1. The highest BCUT2D eigenvalue weighted by molar-refractivity contribution is 6.03. The fourth-order valence-electron chi connectivity index (χ4n) is 4.60. The number of hydrogen-bond donors (Lipinski definition) is 2. The maximum Gasteiger partial charge on any atom is 0.248 e. The molecule has 188 valence electrons. The van der Waals surface area contributed by atoms with Gasteiger partial charge < -0.3 is 25.0 Å². The van der Waals surface area contributed by atoms with Crippen molar-refractivity contribution < 1.29 is 18.7 Å². The molecule has 5 rings (SSSR count). The van der Waals surface area contributed by atoms with Crippen molar-refractivity contribution in [2.24, 2.45) is 17.8 Å². The van der Waals surface area contributed by atoms with Crippen molar-refractivity contribution in [1.82, 2.24) is 14.9 Å². The van der Waals surface area contributed by atoms with E-state index in [-0.39, 0.29) is 11.7 Å². The highest BCUT2D eigenvalue weighted by Gasteiger charge is 2.54. The van der Waals surface area contributed by atoms with Crippen molar-refractivity contribution in [2.75, 3.05) is 51.1 Å². The van der Waals surface area contributed by atoms with Crippen molar-refractivity contribution in [1.29, 1.82) is 0 Å². The zero-order valence-electron chi connectivity index (χ0n) is 20.6. The quantitative estimate of drug-likeness (QED) is 0.435. The highest BCUT2D eigenvalue weighted by atomic mass is 19.1. The number of anilines is 3. The van der Waals surface area contributed by atoms with E-state index in [1.807, 2.05) is 31.1 Å². The maximum absolute atomic E-state index is 13.7. The minimum absolute atomic E-state index is 0.252. The molecule has 0 spiro atoms. The van der Waals surface area contributed by atoms with Crippen LogP contribution in [-0.2, 0) is 9.53 Å². The van der Waals surface area contributed by atoms with Crippen LogP contribution < -0.4 is 15.4 Å². The molecule has 2 fully saturated rings. The van der Waals surface area contributed by atoms with Crippen LogP contribution in [0, 0.1) is 30.5 Å². The van der Waals surface area contributed by atoms with Gasteiger partial charge in [0.15, 0.2) is 0 Å². The van der Waals surface area contributed by atoms with Gasteiger partial charge in [-0.15, -0.1) is 0 Å². The molecule has 1 aromatic heterocycles. The molecule has 1 amide bonds. The molecular formula is C27H30FN5O3. The Balaban J connectivity index is 1.43. The summed E-state index contributed by atoms with van der Waals surface area (Å²) in [6.45, 7) is 4.51. The summed E-state index contributed by atoms with van der Waals surface area (Å²) in [4.78, 5) is 23.5. The third kappa shape index (κ3) is 5.32. The first-order chi connectivity index (χ1) is 17.4. The molecule has 0 radical (unpaired) electrons. The van der Waals surface area contributed by atoms with Crippen LogP contribution in [0.15, 0.2) is 48.8 Å². The van der Waals surface area contributed by atoms with Gasteiger partial charge in [-0.1, -0.05) is 6.08 Å². The van der Waals surface area contributed by atoms with Crippen molar-refractivity contribution in [3.63, 3.8) is 0 Å². The third-order valence-corrected chi connectivity index (χ3v) is 6.72. The summed E-state index contributed by atoms with van der Waals surface area (Å²) >= 11 is 0. The van der Waals surface area contributed by atoms with Gasteiger partial charge in [0.1, 0.15) is 23.7 Å². The van der Waals surface area contributed by atoms with Crippen LogP contribution >= 0.6 is 0 Å². The summed E-state index contributed by atoms with van der Waals surface area (Å²) in [5, 5.41) is 6.90. The van der Waals surface area contributed by atoms with Gasteiger partial charge in [0.05, 0.1) is 31.0 Å². The van der Waals surface area contributed by atoms with E-state index in [9.17, 15) is 9.18 Å². The lowest BCUT2D eigenvalue weighted by molar-refractivity contribution is -0.111. The maximum atomic E-state index is 13.7. The average Bonchev–Trinajstić information content (AvgIpc) is 3.26. The van der Waals surface area contributed by atoms with Gasteiger partial charge in [-0.3, -0.25) is 4.79 Å². The number of halogens is 1. The lowest BCUT2D eigenvalue weighted by Gasteiger charge is -2.16. The van der Waals surface area contributed by atoms with Gasteiger partial charge in [0.25, 0.3) is 0 Å². The second-order valence-corrected chi connectivity index (χ2v) is 9.67. The Bertz CT molecular complexity index is 1300. The van der Waals surface area contributed by atoms with Gasteiger partial charge >= 0.3 is 0 Å². The lowest BCUT2D eigenvalue weighted by atomic mass is 10.1. The molecule has 0 bridgehead atoms. The molecule has 2 aromatic carbocycles. The van der Waals surface area contributed by atoms with E-state index in [2.05, 4.69) is 20.6 Å². The molecule has 1 saturated carbocycles. The Labute approximate surface area is 209 Å². The second kappa shape index (κ2) is 10.2. The van der Waals surface area contributed by atoms with Crippen molar-refractivity contribution in [2.45, 2.75) is 6.92 Å². The first-order valence-electron chi connectivity index (χ1n) is 12.0. The van der Waals surface area contributed by atoms with Crippen LogP contribution in [0.2, 0.25) is 0 Å². The van der Waals surface area contributed by atoms with Crippen LogP contribution in [0.5, 0.6) is 5.75 Å². The Morgan fingerprint density at radius 2 is 2.03 bits per heavy atom. The van der Waals surface area contributed by atoms with Crippen LogP contribution in [0.25, 0.3) is 10.9 Å². The molecule has 2 heterocycles. The molecule has 1 saturated heterocycles. The molecule has 1 aliphatic heterocycles. The Morgan fingerprint density at radius 3 is 2.78 bits per heavy atom. The number of nitrogens with one attached hydrogen (secondary N) is 2. The first-order valence-corrected chi connectivity index (χ1v) is 12.0. The summed E-state index contributed by atoms with van der Waals surface area (Å²) in [5.41, 5.74) is 2.44. The molecule has 36 heavy (non-hydrogen) atoms. The lowest BCUT2D eigenvalue weighted by Crippen LogP contribution is -2.14. The standard InChI is InChI=1S/C27H30FN5O3/c1-16-9-17(6-7-22(16)28)31-27-18-10-24(32-26(34)5-4-8-33(2)3)25(11-23(18)29-15-30-27)36-14-21-19-12-35-13-20(19)21/h4-7,9-11,15,19-21H,8,12-14H2,1-3H3,(H,32,34)(H,29,30,31)/b5-4+. The Morgan fingerprint density at radius 1 is 1.22 bits per heavy atom. The van der Waals surface area contributed by atoms with Crippen molar-refractivity contribution in [3.8, 4) is 5.75 Å². The van der Waals surface area contributed by atoms with E-state index in [0.29, 0.717) is 70.3 Å². The number of ether oxygens (including phenoxy) is 2. The van der Waals surface area contributed by atoms with E-state index in [1.165, 1.54) is 18.5 Å². The van der Waals surface area contributed by atoms with Crippen molar-refractivity contribution in [3.05, 3.63) is 60.2 Å². The number of aromatic nitrogens is 2. The summed E-state index contributed by atoms with van der Waals surface area (Å²) in [5.74, 6) is 2.19. The average molecular weight is 492 g/mol. The van der Waals surface area contributed by atoms with Crippen molar-refractivity contribution >= 4 is 34.0 Å². The molecule has 9 heteroatoms. The third-order valence-electron chi connectivity index (χ3n) is 6.72. The van der Waals surface area contributed by atoms with Gasteiger partial charge in [-0.2, -0.15) is 0 Å². The minimum atomic E-state index is -0.270. The predicted molar refractivity (Wildman–Crippen MR) is 137 cm³/mol. The minimum Gasteiger partial charge on any atom is -0.491 e. The SMILES string of the molecule is Cc1cc(Nc2ncnc3cc(OCC4C5COCC54)c(NC(=O)/C=C/CN(C)C)cc23)ccc1F. The summed E-state index contributed by atoms with van der Waals surface area (Å²) < 4.78 is 25.4. The molecule has 1 aliphatic carbocycles. The van der Waals surface area contributed by atoms with Crippen LogP contribution in [0.1, 0.15) is 5.56 Å². The van der Waals surface area contributed by atoms with Gasteiger partial charge in [-0.25, -0.2) is 14.4 Å². The van der Waals surface area contributed by atoms with Crippen LogP contribution in [0.4, 0.5) is 21.6 Å². The topological polar surface area (TPSA) is 88.6 Å². The first kappa shape index (κ1) is 24.1. The van der Waals surface area contributed by atoms with Crippen LogP contribution in [0.3, 0.4) is 0 Å². The molecule has 2 atom stereocenters. The number of aryl methyl sites for hydroxylation is 1. The molecule has 2 aliphatic rings. The van der Waals surface area contributed by atoms with Crippen LogP contribution in [-0.4, -0.2) is 61.2 Å². The van der Waals surface area contributed by atoms with E-state index >= 15 is 0 Å². The second-order valence-electron chi connectivity index (χ2n) is 9.67. The van der Waals surface area contributed by atoms with E-state index < -0.39 is 0 Å². The number of rotatable bonds is 9. The van der Waals surface area contributed by atoms with Gasteiger partial charge in [0, 0.05) is 35.7 Å². The smallest absolute Gasteiger partial charge is 0.248 e. The van der Waals surface area contributed by atoms with E-state index in [4.69, 9.17) is 9.47 Å². The predicted octanol–water partition coefficient (Wildman–Crippen LogP) is 4.15. The zero-order chi connectivity index (χ0) is 25.2. The molecule has 2 N–H and O–H groups in total. The number of hydrogen-bond acceptors (Lipinski definition) is 7. The van der Waals surface area contributed by atoms with E-state index in [1.54, 1.807) is 25.1 Å². The summed E-state index contributed by atoms with van der Waals surface area (Å²) in [7, 11) is 3.87. The van der Waals surface area contributed by atoms with E-state index in [0.717, 1.165) is 13.2 Å². The number of fused-ring (bicyclic) bond motifs is 2. The highest BCUT2D eigenvalue weighted by Crippen LogP contribution is 2.51. The fourth-order valence-corrected chi connectivity index (χ4v) is 4.60. The normalized spacial score (nSPS) is 20.6. The number of likely N-dealkylation sites (N-methyl/N-ethyl adjacent to an activating group) is 1. The zero-order valence-corrected chi connectivity index (χ0v) is 20.6. The number of benzene rings is 2. The molecule has 8 nitrogen and oxygen atoms in total. The Kier molecular flexibility index (Phi) is 6.84. The molecular weight excluding hydrogens is 461 g/mol. The molecule has 2 unspecified atom stereocenters. The molecule has 3 aromatic rings. The van der Waals surface area contributed by atoms with Gasteiger partial charge in [0.2, 0.25) is 5.91 Å². The summed E-state index contributed by atoms with van der Waals surface area (Å²) in [6.07, 6.45) is 4.78. The number of carbonyl (C=O) groups is 1. The largest absolute Gasteiger partial charge is 0.491 e. The fraction of sp³-hybridized carbons (Fsp3) is 0.370.